The van der Waals surface area contributed by atoms with Crippen LogP contribution in [0.25, 0.3) is 0 Å². The van der Waals surface area contributed by atoms with Crippen LogP contribution >= 0.6 is 11.3 Å². The predicted octanol–water partition coefficient (Wildman–Crippen LogP) is 4.63. The number of esters is 1. The molecule has 0 fully saturated rings. The topological polar surface area (TPSA) is 38.8 Å². The number of cyclic esters (lactones) is 1. The van der Waals surface area contributed by atoms with Gasteiger partial charge < -0.3 is 14.4 Å². The van der Waals surface area contributed by atoms with Crippen LogP contribution in [0.5, 0.6) is 5.75 Å². The van der Waals surface area contributed by atoms with Crippen LogP contribution in [0.3, 0.4) is 0 Å². The molecular formula is C20H17NO3S. The number of benzene rings is 2. The van der Waals surface area contributed by atoms with Crippen molar-refractivity contribution in [1.29, 1.82) is 0 Å². The molecule has 0 saturated heterocycles. The molecule has 1 unspecified atom stereocenters. The molecule has 126 valence electrons. The van der Waals surface area contributed by atoms with Gasteiger partial charge in [-0.2, -0.15) is 0 Å². The number of hydrogen-bond acceptors (Lipinski definition) is 5. The molecule has 1 aromatic heterocycles. The highest BCUT2D eigenvalue weighted by Crippen LogP contribution is 2.38. The highest BCUT2D eigenvalue weighted by atomic mass is 32.1. The molecule has 0 bridgehead atoms. The molecule has 1 aliphatic rings. The van der Waals surface area contributed by atoms with Crippen molar-refractivity contribution in [1.82, 2.24) is 0 Å². The minimum atomic E-state index is -0.431. The van der Waals surface area contributed by atoms with Gasteiger partial charge in [0, 0.05) is 16.1 Å². The van der Waals surface area contributed by atoms with Gasteiger partial charge in [-0.25, -0.2) is 4.79 Å². The molecule has 2 heterocycles. The Morgan fingerprint density at radius 2 is 1.88 bits per heavy atom. The standard InChI is InChI=1S/C20H17NO3S/c1-23-15-10-8-14(9-11-15)21(13-16-5-4-12-25-16)19-17-6-2-3-7-18(17)20(22)24-19/h2-12,19H,13H2,1H3. The van der Waals surface area contributed by atoms with Crippen molar-refractivity contribution in [2.45, 2.75) is 12.8 Å². The Balaban J connectivity index is 1.74. The summed E-state index contributed by atoms with van der Waals surface area (Å²) in [4.78, 5) is 15.6. The van der Waals surface area contributed by atoms with Crippen molar-refractivity contribution in [2.24, 2.45) is 0 Å². The number of ether oxygens (including phenoxy) is 2. The van der Waals surface area contributed by atoms with Crippen LogP contribution in [0.1, 0.15) is 27.0 Å². The van der Waals surface area contributed by atoms with E-state index < -0.39 is 6.23 Å². The first-order valence-corrected chi connectivity index (χ1v) is 8.87. The van der Waals surface area contributed by atoms with E-state index in [0.717, 1.165) is 17.0 Å². The Hall–Kier alpha value is -2.79. The molecule has 0 spiro atoms. The Morgan fingerprint density at radius 1 is 1.08 bits per heavy atom. The Kier molecular flexibility index (Phi) is 4.15. The fourth-order valence-electron chi connectivity index (χ4n) is 3.01. The second-order valence-corrected chi connectivity index (χ2v) is 6.78. The fraction of sp³-hybridized carbons (Fsp3) is 0.150. The zero-order chi connectivity index (χ0) is 17.2. The summed E-state index contributed by atoms with van der Waals surface area (Å²) in [6.07, 6.45) is -0.431. The number of hydrogen-bond donors (Lipinski definition) is 0. The first-order chi connectivity index (χ1) is 12.3. The zero-order valence-corrected chi connectivity index (χ0v) is 14.5. The molecule has 5 heteroatoms. The third-order valence-corrected chi connectivity index (χ3v) is 5.12. The molecule has 2 aromatic carbocycles. The quantitative estimate of drug-likeness (QED) is 0.628. The van der Waals surface area contributed by atoms with Gasteiger partial charge in [-0.3, -0.25) is 0 Å². The minimum Gasteiger partial charge on any atom is -0.497 e. The maximum atomic E-state index is 12.2. The second-order valence-electron chi connectivity index (χ2n) is 5.75. The number of thiophene rings is 1. The molecule has 1 atom stereocenters. The first kappa shape index (κ1) is 15.7. The molecule has 25 heavy (non-hydrogen) atoms. The number of rotatable bonds is 5. The van der Waals surface area contributed by atoms with Crippen LogP contribution in [0, 0.1) is 0 Å². The number of carbonyl (C=O) groups excluding carboxylic acids is 1. The maximum absolute atomic E-state index is 12.2. The van der Waals surface area contributed by atoms with E-state index in [4.69, 9.17) is 9.47 Å². The Bertz CT molecular complexity index is 874. The normalized spacial score (nSPS) is 15.6. The summed E-state index contributed by atoms with van der Waals surface area (Å²) in [5, 5.41) is 2.05. The minimum absolute atomic E-state index is 0.273. The van der Waals surface area contributed by atoms with Crippen molar-refractivity contribution >= 4 is 23.0 Å². The molecule has 0 aliphatic carbocycles. The van der Waals surface area contributed by atoms with Crippen molar-refractivity contribution in [3.8, 4) is 5.75 Å². The monoisotopic (exact) mass is 351 g/mol. The predicted molar refractivity (Wildman–Crippen MR) is 98.1 cm³/mol. The summed E-state index contributed by atoms with van der Waals surface area (Å²) in [5.74, 6) is 0.522. The van der Waals surface area contributed by atoms with E-state index in [-0.39, 0.29) is 5.97 Å². The smallest absolute Gasteiger partial charge is 0.340 e. The van der Waals surface area contributed by atoms with Gasteiger partial charge in [-0.05, 0) is 41.8 Å². The van der Waals surface area contributed by atoms with Crippen molar-refractivity contribution in [3.05, 3.63) is 82.0 Å². The van der Waals surface area contributed by atoms with Crippen LogP contribution < -0.4 is 9.64 Å². The van der Waals surface area contributed by atoms with Gasteiger partial charge in [0.05, 0.1) is 19.2 Å². The van der Waals surface area contributed by atoms with Crippen molar-refractivity contribution < 1.29 is 14.3 Å². The largest absolute Gasteiger partial charge is 0.497 e. The van der Waals surface area contributed by atoms with E-state index in [2.05, 4.69) is 16.3 Å². The van der Waals surface area contributed by atoms with Crippen LogP contribution in [0.4, 0.5) is 5.69 Å². The fourth-order valence-corrected chi connectivity index (χ4v) is 3.71. The maximum Gasteiger partial charge on any atom is 0.340 e. The highest BCUT2D eigenvalue weighted by molar-refractivity contribution is 7.09. The van der Waals surface area contributed by atoms with Gasteiger partial charge in [-0.15, -0.1) is 11.3 Å². The van der Waals surface area contributed by atoms with E-state index in [1.165, 1.54) is 4.88 Å². The van der Waals surface area contributed by atoms with Crippen molar-refractivity contribution in [3.63, 3.8) is 0 Å². The zero-order valence-electron chi connectivity index (χ0n) is 13.7. The number of nitrogens with zero attached hydrogens (tertiary/aromatic N) is 1. The van der Waals surface area contributed by atoms with Crippen LogP contribution in [-0.2, 0) is 11.3 Å². The lowest BCUT2D eigenvalue weighted by Crippen LogP contribution is -2.28. The highest BCUT2D eigenvalue weighted by Gasteiger charge is 2.35. The Morgan fingerprint density at radius 3 is 2.60 bits per heavy atom. The third kappa shape index (κ3) is 2.98. The number of methoxy groups -OCH3 is 1. The summed E-state index contributed by atoms with van der Waals surface area (Å²) >= 11 is 1.69. The lowest BCUT2D eigenvalue weighted by atomic mass is 10.1. The van der Waals surface area contributed by atoms with Crippen LogP contribution in [-0.4, -0.2) is 13.1 Å². The summed E-state index contributed by atoms with van der Waals surface area (Å²) in [6.45, 7) is 0.663. The van der Waals surface area contributed by atoms with E-state index in [1.54, 1.807) is 18.4 Å². The second kappa shape index (κ2) is 6.61. The van der Waals surface area contributed by atoms with E-state index in [9.17, 15) is 4.79 Å². The van der Waals surface area contributed by atoms with Crippen molar-refractivity contribution in [2.75, 3.05) is 12.0 Å². The molecular weight excluding hydrogens is 334 g/mol. The lowest BCUT2D eigenvalue weighted by molar-refractivity contribution is 0.0375. The van der Waals surface area contributed by atoms with Gasteiger partial charge >= 0.3 is 5.97 Å². The van der Waals surface area contributed by atoms with Gasteiger partial charge in [-0.1, -0.05) is 24.3 Å². The third-order valence-electron chi connectivity index (χ3n) is 4.26. The average Bonchev–Trinajstić information content (AvgIpc) is 3.28. The number of carbonyl (C=O) groups is 1. The summed E-state index contributed by atoms with van der Waals surface area (Å²) < 4.78 is 11.0. The molecule has 0 amide bonds. The van der Waals surface area contributed by atoms with Crippen LogP contribution in [0.2, 0.25) is 0 Å². The average molecular weight is 351 g/mol. The number of anilines is 1. The molecule has 4 rings (SSSR count). The molecule has 1 aliphatic heterocycles. The molecule has 0 saturated carbocycles. The molecule has 0 N–H and O–H groups in total. The van der Waals surface area contributed by atoms with E-state index >= 15 is 0 Å². The molecule has 0 radical (unpaired) electrons. The summed E-state index contributed by atoms with van der Waals surface area (Å²) in [7, 11) is 1.65. The first-order valence-electron chi connectivity index (χ1n) is 7.99. The summed E-state index contributed by atoms with van der Waals surface area (Å²) in [6, 6.07) is 19.5. The van der Waals surface area contributed by atoms with Gasteiger partial charge in [0.1, 0.15) is 5.75 Å². The van der Waals surface area contributed by atoms with E-state index in [1.807, 2.05) is 54.6 Å². The summed E-state index contributed by atoms with van der Waals surface area (Å²) in [5.41, 5.74) is 2.51. The molecule has 3 aromatic rings. The van der Waals surface area contributed by atoms with E-state index in [0.29, 0.717) is 12.1 Å². The Labute approximate surface area is 150 Å². The van der Waals surface area contributed by atoms with Gasteiger partial charge in [0.15, 0.2) is 0 Å². The van der Waals surface area contributed by atoms with Gasteiger partial charge in [0.25, 0.3) is 0 Å². The number of fused-ring (bicyclic) bond motifs is 1. The SMILES string of the molecule is COc1ccc(N(Cc2cccs2)C2OC(=O)c3ccccc32)cc1. The molecule has 4 nitrogen and oxygen atoms in total. The lowest BCUT2D eigenvalue weighted by Gasteiger charge is -2.30. The van der Waals surface area contributed by atoms with Crippen LogP contribution in [0.15, 0.2) is 66.0 Å². The van der Waals surface area contributed by atoms with Gasteiger partial charge in [0.2, 0.25) is 6.23 Å².